The maximum atomic E-state index is 10.1. The molecular weight excluding hydrogens is 194 g/mol. The summed E-state index contributed by atoms with van der Waals surface area (Å²) in [5, 5.41) is 22.0. The van der Waals surface area contributed by atoms with Gasteiger partial charge in [-0.25, -0.2) is 0 Å². The van der Waals surface area contributed by atoms with Gasteiger partial charge in [0.2, 0.25) is 0 Å². The highest BCUT2D eigenvalue weighted by Crippen LogP contribution is 1.96. The van der Waals surface area contributed by atoms with Crippen molar-refractivity contribution in [2.45, 2.75) is 25.3 Å². The zero-order valence-corrected chi connectivity index (χ0v) is 7.63. The molecule has 0 aromatic heterocycles. The fourth-order valence-electron chi connectivity index (χ4n) is 0.632. The first-order valence-electron chi connectivity index (χ1n) is 3.93. The molecule has 0 fully saturated rings. The van der Waals surface area contributed by atoms with Crippen LogP contribution in [0.15, 0.2) is 0 Å². The molecule has 0 radical (unpaired) electrons. The molecule has 1 atom stereocenters. The lowest BCUT2D eigenvalue weighted by Gasteiger charge is -2.03. The second-order valence-electron chi connectivity index (χ2n) is 2.47. The van der Waals surface area contributed by atoms with Gasteiger partial charge in [0, 0.05) is 0 Å². The van der Waals surface area contributed by atoms with Gasteiger partial charge in [0.05, 0.1) is 0 Å². The zero-order valence-electron chi connectivity index (χ0n) is 7.63. The number of hydrogen-bond acceptors (Lipinski definition) is 5. The molecule has 0 saturated carbocycles. The Hall–Kier alpha value is -1.41. The molecule has 0 aliphatic heterocycles. The Morgan fingerprint density at radius 1 is 1.50 bits per heavy atom. The van der Waals surface area contributed by atoms with Crippen LogP contribution >= 0.6 is 0 Å². The molecule has 6 N–H and O–H groups in total. The average molecular weight is 209 g/mol. The fraction of sp³-hybridized carbons (Fsp3) is 0.833. The van der Waals surface area contributed by atoms with Crippen LogP contribution in [0.3, 0.4) is 0 Å². The smallest absolute Gasteiger partial charge is 0.320 e. The van der Waals surface area contributed by atoms with Crippen LogP contribution < -0.4 is 11.5 Å². The van der Waals surface area contributed by atoms with Crippen LogP contribution in [0.25, 0.3) is 0 Å². The molecule has 0 bridgehead atoms. The number of rotatable bonds is 5. The first kappa shape index (κ1) is 15.1. The van der Waals surface area contributed by atoms with Crippen LogP contribution in [0.2, 0.25) is 0 Å². The molecule has 0 aromatic carbocycles. The van der Waals surface area contributed by atoms with Gasteiger partial charge in [0.25, 0.3) is 5.09 Å². The summed E-state index contributed by atoms with van der Waals surface area (Å²) in [6.07, 6.45) is 2.16. The van der Waals surface area contributed by atoms with E-state index in [4.69, 9.17) is 31.9 Å². The van der Waals surface area contributed by atoms with Crippen LogP contribution in [0, 0.1) is 10.1 Å². The number of carbonyl (C=O) groups is 1. The van der Waals surface area contributed by atoms with Crippen LogP contribution in [0.1, 0.15) is 19.3 Å². The predicted octanol–water partition coefficient (Wildman–Crippen LogP) is -0.820. The van der Waals surface area contributed by atoms with Crippen LogP contribution in [-0.2, 0) is 4.79 Å². The van der Waals surface area contributed by atoms with Crippen molar-refractivity contribution in [2.24, 2.45) is 11.5 Å². The van der Waals surface area contributed by atoms with E-state index in [0.717, 1.165) is 12.8 Å². The molecule has 0 saturated heterocycles. The summed E-state index contributed by atoms with van der Waals surface area (Å²) in [6.45, 7) is 0.604. The Bertz CT molecular complexity index is 171. The molecule has 0 spiro atoms. The number of nitrogens with two attached hydrogens (primary N) is 2. The summed E-state index contributed by atoms with van der Waals surface area (Å²) in [5.41, 5.74) is 10.4. The quantitative estimate of drug-likeness (QED) is 0.262. The Morgan fingerprint density at radius 3 is 2.21 bits per heavy atom. The summed E-state index contributed by atoms with van der Waals surface area (Å²) >= 11 is 0. The highest BCUT2D eigenvalue weighted by molar-refractivity contribution is 5.72. The summed E-state index contributed by atoms with van der Waals surface area (Å²) in [5.74, 6) is -0.933. The molecular formula is C6H15N3O5. The normalized spacial score (nSPS) is 11.0. The molecule has 0 rings (SSSR count). The van der Waals surface area contributed by atoms with Crippen molar-refractivity contribution >= 4 is 5.97 Å². The molecule has 0 unspecified atom stereocenters. The van der Waals surface area contributed by atoms with Gasteiger partial charge in [0.1, 0.15) is 6.04 Å². The lowest BCUT2D eigenvalue weighted by atomic mass is 10.1. The molecule has 0 aliphatic rings. The summed E-state index contributed by atoms with van der Waals surface area (Å²) in [7, 11) is 0. The van der Waals surface area contributed by atoms with E-state index in [1.54, 1.807) is 0 Å². The van der Waals surface area contributed by atoms with Gasteiger partial charge in [0.15, 0.2) is 0 Å². The van der Waals surface area contributed by atoms with Gasteiger partial charge in [-0.3, -0.25) is 4.79 Å². The minimum atomic E-state index is -1.50. The summed E-state index contributed by atoms with van der Waals surface area (Å²) < 4.78 is 0. The van der Waals surface area contributed by atoms with Crippen molar-refractivity contribution < 1.29 is 20.2 Å². The van der Waals surface area contributed by atoms with Crippen molar-refractivity contribution in [3.8, 4) is 0 Å². The van der Waals surface area contributed by atoms with E-state index in [0.29, 0.717) is 13.0 Å². The number of nitrogens with zero attached hydrogens (tertiary/aromatic N) is 1. The topological polar surface area (TPSA) is 153 Å². The van der Waals surface area contributed by atoms with Crippen molar-refractivity contribution in [2.75, 3.05) is 6.54 Å². The number of carboxylic acids is 1. The van der Waals surface area contributed by atoms with Crippen LogP contribution in [0.4, 0.5) is 0 Å². The Morgan fingerprint density at radius 2 is 1.93 bits per heavy atom. The Kier molecular flexibility index (Phi) is 10.4. The van der Waals surface area contributed by atoms with E-state index in [9.17, 15) is 4.79 Å². The number of aliphatic carboxylic acids is 1. The summed E-state index contributed by atoms with van der Waals surface area (Å²) in [4.78, 5) is 18.5. The van der Waals surface area contributed by atoms with Gasteiger partial charge in [-0.2, -0.15) is 0 Å². The van der Waals surface area contributed by atoms with E-state index in [2.05, 4.69) is 0 Å². The zero-order chi connectivity index (χ0) is 11.6. The first-order chi connectivity index (χ1) is 6.41. The minimum Gasteiger partial charge on any atom is -0.480 e. The predicted molar refractivity (Wildman–Crippen MR) is 47.3 cm³/mol. The maximum Gasteiger partial charge on any atom is 0.320 e. The second-order valence-corrected chi connectivity index (χ2v) is 2.47. The molecule has 0 aliphatic carbocycles. The lowest BCUT2D eigenvalue weighted by molar-refractivity contribution is -0.742. The van der Waals surface area contributed by atoms with Gasteiger partial charge < -0.3 is 21.8 Å². The molecule has 0 aromatic rings. The molecule has 8 nitrogen and oxygen atoms in total. The van der Waals surface area contributed by atoms with Gasteiger partial charge >= 0.3 is 5.97 Å². The van der Waals surface area contributed by atoms with Crippen molar-refractivity contribution in [1.82, 2.24) is 0 Å². The number of carboxylic acid groups (broad SMARTS) is 1. The molecule has 0 amide bonds. The van der Waals surface area contributed by atoms with Crippen molar-refractivity contribution in [3.05, 3.63) is 10.1 Å². The average Bonchev–Trinajstić information content (AvgIpc) is 2.03. The number of unbranched alkanes of at least 4 members (excludes halogenated alkanes) is 1. The number of hydrogen-bond donors (Lipinski definition) is 4. The maximum absolute atomic E-state index is 10.1. The summed E-state index contributed by atoms with van der Waals surface area (Å²) in [6, 6.07) is -0.716. The largest absolute Gasteiger partial charge is 0.480 e. The molecule has 0 heterocycles. The lowest BCUT2D eigenvalue weighted by Crippen LogP contribution is -2.29. The van der Waals surface area contributed by atoms with Gasteiger partial charge in [-0.05, 0) is 19.4 Å². The minimum absolute atomic E-state index is 0.520. The van der Waals surface area contributed by atoms with Crippen molar-refractivity contribution in [1.29, 1.82) is 0 Å². The molecule has 84 valence electrons. The monoisotopic (exact) mass is 209 g/mol. The second kappa shape index (κ2) is 9.68. The van der Waals surface area contributed by atoms with Crippen molar-refractivity contribution in [3.63, 3.8) is 0 Å². The van der Waals surface area contributed by atoms with E-state index in [1.165, 1.54) is 0 Å². The van der Waals surface area contributed by atoms with Gasteiger partial charge in [-0.1, -0.05) is 6.42 Å². The Balaban J connectivity index is 0. The standard InChI is InChI=1S/C6H14N2O2.HNO3/c7-4-2-1-3-5(8)6(9)10;2-1(3)4/h5H,1-4,7-8H2,(H,9,10);(H,2,3,4)/t5-;/m0./s1. The third-order valence-electron chi connectivity index (χ3n) is 1.29. The SMILES string of the molecule is NCCCC[C@H](N)C(=O)O.O=[N+]([O-])O. The molecule has 14 heavy (non-hydrogen) atoms. The first-order valence-corrected chi connectivity index (χ1v) is 3.93. The Labute approximate surface area is 80.6 Å². The van der Waals surface area contributed by atoms with Crippen LogP contribution in [0.5, 0.6) is 0 Å². The highest BCUT2D eigenvalue weighted by Gasteiger charge is 2.09. The third-order valence-corrected chi connectivity index (χ3v) is 1.29. The molecule has 8 heteroatoms. The van der Waals surface area contributed by atoms with Crippen LogP contribution in [-0.4, -0.2) is 34.0 Å². The van der Waals surface area contributed by atoms with E-state index < -0.39 is 17.1 Å². The van der Waals surface area contributed by atoms with E-state index in [1.807, 2.05) is 0 Å². The fourth-order valence-corrected chi connectivity index (χ4v) is 0.632. The third kappa shape index (κ3) is 16.9. The van der Waals surface area contributed by atoms with E-state index in [-0.39, 0.29) is 0 Å². The van der Waals surface area contributed by atoms with Gasteiger partial charge in [-0.15, -0.1) is 10.1 Å². The van der Waals surface area contributed by atoms with E-state index >= 15 is 0 Å². The highest BCUT2D eigenvalue weighted by atomic mass is 16.9.